The number of nitro benzene ring substituents is 1. The van der Waals surface area contributed by atoms with Crippen molar-refractivity contribution in [2.24, 2.45) is 5.92 Å². The summed E-state index contributed by atoms with van der Waals surface area (Å²) in [5.41, 5.74) is 2.09. The highest BCUT2D eigenvalue weighted by Gasteiger charge is 2.22. The van der Waals surface area contributed by atoms with E-state index in [1.807, 2.05) is 11.0 Å². The standard InChI is InChI=1S/C29H39N3O4S/c1-23-7-11-27(12-8-23)37-28-13-10-26(32(34)35)21-25(28)22-31(16-4-15-30-17-19-36-20-18-30)29(33)14-9-24-5-2-3-6-24/h7-8,10-13,21,24H,2-6,9,14-20,22H2,1H3. The molecule has 4 rings (SSSR count). The Morgan fingerprint density at radius 1 is 1.14 bits per heavy atom. The highest BCUT2D eigenvalue weighted by atomic mass is 32.2. The van der Waals surface area contributed by atoms with Gasteiger partial charge in [-0.15, -0.1) is 0 Å². The van der Waals surface area contributed by atoms with Gasteiger partial charge in [0.15, 0.2) is 0 Å². The molecule has 2 fully saturated rings. The third-order valence-corrected chi connectivity index (χ3v) is 8.59. The molecule has 0 spiro atoms. The zero-order valence-electron chi connectivity index (χ0n) is 21.9. The first-order valence-corrected chi connectivity index (χ1v) is 14.4. The van der Waals surface area contributed by atoms with E-state index in [2.05, 4.69) is 36.1 Å². The molecule has 2 aromatic rings. The summed E-state index contributed by atoms with van der Waals surface area (Å²) in [7, 11) is 0. The molecular weight excluding hydrogens is 486 g/mol. The molecular formula is C29H39N3O4S. The van der Waals surface area contributed by atoms with Gasteiger partial charge >= 0.3 is 0 Å². The summed E-state index contributed by atoms with van der Waals surface area (Å²) in [4.78, 5) is 31.0. The van der Waals surface area contributed by atoms with Gasteiger partial charge in [-0.1, -0.05) is 55.1 Å². The van der Waals surface area contributed by atoms with Crippen LogP contribution in [0.2, 0.25) is 0 Å². The highest BCUT2D eigenvalue weighted by molar-refractivity contribution is 7.99. The number of ether oxygens (including phenoxy) is 1. The van der Waals surface area contributed by atoms with Crippen molar-refractivity contribution in [3.63, 3.8) is 0 Å². The summed E-state index contributed by atoms with van der Waals surface area (Å²) >= 11 is 1.59. The highest BCUT2D eigenvalue weighted by Crippen LogP contribution is 2.34. The molecule has 37 heavy (non-hydrogen) atoms. The van der Waals surface area contributed by atoms with Crippen molar-refractivity contribution in [3.05, 3.63) is 63.7 Å². The number of carbonyl (C=O) groups excluding carboxylic acids is 1. The second-order valence-electron chi connectivity index (χ2n) is 10.3. The molecule has 0 radical (unpaired) electrons. The predicted molar refractivity (Wildman–Crippen MR) is 147 cm³/mol. The number of amides is 1. The molecule has 7 nitrogen and oxygen atoms in total. The number of benzene rings is 2. The van der Waals surface area contributed by atoms with Gasteiger partial charge in [0.05, 0.1) is 18.1 Å². The minimum absolute atomic E-state index is 0.0647. The number of nitro groups is 1. The number of hydrogen-bond donors (Lipinski definition) is 0. The fourth-order valence-electron chi connectivity index (χ4n) is 5.23. The van der Waals surface area contributed by atoms with Crippen molar-refractivity contribution < 1.29 is 14.5 Å². The first-order chi connectivity index (χ1) is 18.0. The van der Waals surface area contributed by atoms with Gasteiger partial charge in [0.1, 0.15) is 0 Å². The monoisotopic (exact) mass is 525 g/mol. The lowest BCUT2D eigenvalue weighted by molar-refractivity contribution is -0.385. The van der Waals surface area contributed by atoms with Crippen molar-refractivity contribution >= 4 is 23.4 Å². The van der Waals surface area contributed by atoms with Crippen LogP contribution in [0.25, 0.3) is 0 Å². The van der Waals surface area contributed by atoms with Crippen LogP contribution < -0.4 is 0 Å². The summed E-state index contributed by atoms with van der Waals surface area (Å²) in [5, 5.41) is 11.6. The second-order valence-corrected chi connectivity index (χ2v) is 11.4. The number of nitrogens with zero attached hydrogens (tertiary/aromatic N) is 3. The van der Waals surface area contributed by atoms with Gasteiger partial charge in [-0.3, -0.25) is 19.8 Å². The number of non-ortho nitro benzene ring substituents is 1. The Morgan fingerprint density at radius 3 is 2.57 bits per heavy atom. The van der Waals surface area contributed by atoms with Crippen LogP contribution in [-0.4, -0.2) is 60.0 Å². The normalized spacial score (nSPS) is 16.7. The molecule has 200 valence electrons. The predicted octanol–water partition coefficient (Wildman–Crippen LogP) is 6.08. The Kier molecular flexibility index (Phi) is 10.4. The van der Waals surface area contributed by atoms with Crippen LogP contribution >= 0.6 is 11.8 Å². The summed E-state index contributed by atoms with van der Waals surface area (Å²) in [5.74, 6) is 0.816. The molecule has 1 saturated carbocycles. The van der Waals surface area contributed by atoms with Gasteiger partial charge in [-0.2, -0.15) is 0 Å². The average Bonchev–Trinajstić information content (AvgIpc) is 3.43. The van der Waals surface area contributed by atoms with Crippen LogP contribution in [0.5, 0.6) is 0 Å². The van der Waals surface area contributed by atoms with Crippen molar-refractivity contribution in [3.8, 4) is 0 Å². The largest absolute Gasteiger partial charge is 0.379 e. The van der Waals surface area contributed by atoms with E-state index in [4.69, 9.17) is 4.74 Å². The van der Waals surface area contributed by atoms with Gasteiger partial charge in [0, 0.05) is 61.1 Å². The minimum Gasteiger partial charge on any atom is -0.379 e. The zero-order valence-corrected chi connectivity index (χ0v) is 22.7. The van der Waals surface area contributed by atoms with Gasteiger partial charge < -0.3 is 9.64 Å². The van der Waals surface area contributed by atoms with E-state index in [1.165, 1.54) is 31.2 Å². The zero-order chi connectivity index (χ0) is 26.0. The van der Waals surface area contributed by atoms with E-state index in [1.54, 1.807) is 23.9 Å². The van der Waals surface area contributed by atoms with Crippen LogP contribution in [0, 0.1) is 23.0 Å². The van der Waals surface area contributed by atoms with Gasteiger partial charge in [0.25, 0.3) is 5.69 Å². The lowest BCUT2D eigenvalue weighted by atomic mass is 10.0. The van der Waals surface area contributed by atoms with E-state index in [-0.39, 0.29) is 16.5 Å². The van der Waals surface area contributed by atoms with Gasteiger partial charge in [0.2, 0.25) is 5.91 Å². The first-order valence-electron chi connectivity index (χ1n) is 13.6. The third kappa shape index (κ3) is 8.55. The summed E-state index contributed by atoms with van der Waals surface area (Å²) < 4.78 is 5.46. The van der Waals surface area contributed by atoms with Crippen LogP contribution in [0.3, 0.4) is 0 Å². The topological polar surface area (TPSA) is 75.9 Å². The van der Waals surface area contributed by atoms with Crippen molar-refractivity contribution in [2.45, 2.75) is 68.2 Å². The van der Waals surface area contributed by atoms with E-state index >= 15 is 0 Å². The summed E-state index contributed by atoms with van der Waals surface area (Å²) in [6.45, 7) is 7.40. The van der Waals surface area contributed by atoms with E-state index in [9.17, 15) is 14.9 Å². The van der Waals surface area contributed by atoms with Crippen molar-refractivity contribution in [1.29, 1.82) is 0 Å². The van der Waals surface area contributed by atoms with Crippen LogP contribution in [0.1, 0.15) is 56.1 Å². The Hall–Kier alpha value is -2.42. The maximum absolute atomic E-state index is 13.5. The molecule has 0 N–H and O–H groups in total. The van der Waals surface area contributed by atoms with E-state index < -0.39 is 0 Å². The third-order valence-electron chi connectivity index (χ3n) is 7.46. The molecule has 8 heteroatoms. The van der Waals surface area contributed by atoms with Gasteiger partial charge in [-0.05, 0) is 49.4 Å². The van der Waals surface area contributed by atoms with Crippen molar-refractivity contribution in [1.82, 2.24) is 9.80 Å². The molecule has 2 aromatic carbocycles. The molecule has 0 atom stereocenters. The van der Waals surface area contributed by atoms with E-state index in [0.29, 0.717) is 25.4 Å². The molecule has 2 aliphatic rings. The Bertz CT molecular complexity index is 1030. The first kappa shape index (κ1) is 27.6. The molecule has 0 bridgehead atoms. The van der Waals surface area contributed by atoms with Crippen molar-refractivity contribution in [2.75, 3.05) is 39.4 Å². The summed E-state index contributed by atoms with van der Waals surface area (Å²) in [6, 6.07) is 13.3. The smallest absolute Gasteiger partial charge is 0.269 e. The average molecular weight is 526 g/mol. The molecule has 1 amide bonds. The molecule has 0 aromatic heterocycles. The number of morpholine rings is 1. The number of rotatable bonds is 12. The lowest BCUT2D eigenvalue weighted by Gasteiger charge is -2.29. The maximum Gasteiger partial charge on any atom is 0.269 e. The second kappa shape index (κ2) is 13.9. The molecule has 1 aliphatic heterocycles. The molecule has 1 heterocycles. The lowest BCUT2D eigenvalue weighted by Crippen LogP contribution is -2.39. The van der Waals surface area contributed by atoms with Gasteiger partial charge in [-0.25, -0.2) is 0 Å². The van der Waals surface area contributed by atoms with Crippen LogP contribution in [0.15, 0.2) is 52.3 Å². The molecule has 1 saturated heterocycles. The molecule has 1 aliphatic carbocycles. The molecule has 0 unspecified atom stereocenters. The fourth-order valence-corrected chi connectivity index (χ4v) is 6.14. The maximum atomic E-state index is 13.5. The number of aryl methyl sites for hydroxylation is 1. The Morgan fingerprint density at radius 2 is 1.86 bits per heavy atom. The fraction of sp³-hybridized carbons (Fsp3) is 0.552. The number of hydrogen-bond acceptors (Lipinski definition) is 6. The van der Waals surface area contributed by atoms with Crippen LogP contribution in [-0.2, 0) is 16.1 Å². The number of carbonyl (C=O) groups is 1. The summed E-state index contributed by atoms with van der Waals surface area (Å²) in [6.07, 6.45) is 7.38. The van der Waals surface area contributed by atoms with E-state index in [0.717, 1.165) is 61.0 Å². The Balaban J connectivity index is 1.49. The Labute approximate surface area is 224 Å². The quantitative estimate of drug-likeness (QED) is 0.247. The SMILES string of the molecule is Cc1ccc(Sc2ccc([N+](=O)[O-])cc2CN(CCCN2CCOCC2)C(=O)CCC2CCCC2)cc1. The van der Waals surface area contributed by atoms with Crippen LogP contribution in [0.4, 0.5) is 5.69 Å². The minimum atomic E-state index is -0.353.